The van der Waals surface area contributed by atoms with E-state index >= 15 is 0 Å². The molecule has 0 aromatic heterocycles. The molecule has 0 aliphatic carbocycles. The lowest BCUT2D eigenvalue weighted by Gasteiger charge is -2.15. The van der Waals surface area contributed by atoms with Crippen molar-refractivity contribution in [2.75, 3.05) is 0 Å². The number of cyclic esters (lactones) is 1. The summed E-state index contributed by atoms with van der Waals surface area (Å²) in [4.78, 5) is 11.0. The number of rotatable bonds is 1. The summed E-state index contributed by atoms with van der Waals surface area (Å²) < 4.78 is 55.5. The molecule has 2 atom stereocenters. The Morgan fingerprint density at radius 3 is 2.44 bits per heavy atom. The van der Waals surface area contributed by atoms with Gasteiger partial charge in [-0.2, -0.15) is 13.2 Å². The van der Waals surface area contributed by atoms with Gasteiger partial charge in [-0.25, -0.2) is 9.18 Å². The molecule has 0 bridgehead atoms. The zero-order valence-electron chi connectivity index (χ0n) is 9.22. The summed E-state index contributed by atoms with van der Waals surface area (Å²) in [7, 11) is 0. The van der Waals surface area contributed by atoms with E-state index < -0.39 is 35.8 Å². The van der Waals surface area contributed by atoms with Crippen molar-refractivity contribution in [3.63, 3.8) is 0 Å². The van der Waals surface area contributed by atoms with Crippen molar-refractivity contribution < 1.29 is 27.1 Å². The molecule has 0 radical (unpaired) electrons. The number of hydrogen-bond donors (Lipinski definition) is 1. The average molecular weight is 263 g/mol. The van der Waals surface area contributed by atoms with Gasteiger partial charge in [-0.15, -0.1) is 0 Å². The molecule has 1 aromatic rings. The molecule has 1 aliphatic heterocycles. The third-order valence-corrected chi connectivity index (χ3v) is 2.61. The molecule has 0 saturated carbocycles. The second kappa shape index (κ2) is 4.15. The number of nitrogens with one attached hydrogen (secondary N) is 1. The molecule has 0 spiro atoms. The van der Waals surface area contributed by atoms with E-state index in [2.05, 4.69) is 5.32 Å². The van der Waals surface area contributed by atoms with Crippen LogP contribution in [0.4, 0.5) is 22.4 Å². The summed E-state index contributed by atoms with van der Waals surface area (Å²) in [5.74, 6) is -1.02. The molecule has 1 saturated heterocycles. The van der Waals surface area contributed by atoms with Crippen LogP contribution in [0, 0.1) is 5.82 Å². The molecule has 1 amide bonds. The summed E-state index contributed by atoms with van der Waals surface area (Å²) in [5.41, 5.74) is -1.12. The molecular weight excluding hydrogens is 254 g/mol. The van der Waals surface area contributed by atoms with E-state index in [1.807, 2.05) is 0 Å². The van der Waals surface area contributed by atoms with E-state index in [-0.39, 0.29) is 5.56 Å². The normalized spacial score (nSPS) is 23.7. The number of alkyl halides is 3. The fourth-order valence-corrected chi connectivity index (χ4v) is 1.81. The van der Waals surface area contributed by atoms with E-state index in [4.69, 9.17) is 4.74 Å². The highest BCUT2D eigenvalue weighted by molar-refractivity contribution is 5.70. The smallest absolute Gasteiger partial charge is 0.416 e. The summed E-state index contributed by atoms with van der Waals surface area (Å²) in [6, 6.07) is 1.60. The van der Waals surface area contributed by atoms with Crippen LogP contribution in [0.1, 0.15) is 24.2 Å². The number of benzene rings is 1. The quantitative estimate of drug-likeness (QED) is 0.791. The number of carbonyl (C=O) groups is 1. The molecule has 1 N–H and O–H groups in total. The minimum Gasteiger partial charge on any atom is -0.439 e. The standard InChI is InChI=1S/C11H9F4NO2/c1-5-9(18-10(17)16-5)6-2-7(11(13,14)15)4-8(12)3-6/h2-5,9H,1H3,(H,16,17). The van der Waals surface area contributed by atoms with Gasteiger partial charge in [-0.1, -0.05) is 0 Å². The molecule has 98 valence electrons. The molecule has 1 fully saturated rings. The Morgan fingerprint density at radius 1 is 1.28 bits per heavy atom. The van der Waals surface area contributed by atoms with Crippen molar-refractivity contribution >= 4 is 6.09 Å². The van der Waals surface area contributed by atoms with Gasteiger partial charge in [0, 0.05) is 0 Å². The highest BCUT2D eigenvalue weighted by Crippen LogP contribution is 2.34. The molecule has 7 heteroatoms. The molecular formula is C11H9F4NO2. The Balaban J connectivity index is 2.40. The summed E-state index contributed by atoms with van der Waals surface area (Å²) in [6.45, 7) is 1.56. The number of amides is 1. The van der Waals surface area contributed by atoms with Gasteiger partial charge < -0.3 is 10.1 Å². The fourth-order valence-electron chi connectivity index (χ4n) is 1.81. The van der Waals surface area contributed by atoms with E-state index in [1.54, 1.807) is 6.92 Å². The van der Waals surface area contributed by atoms with Gasteiger partial charge in [-0.05, 0) is 30.7 Å². The lowest BCUT2D eigenvalue weighted by Crippen LogP contribution is -2.24. The van der Waals surface area contributed by atoms with E-state index in [1.165, 1.54) is 0 Å². The molecule has 18 heavy (non-hydrogen) atoms. The SMILES string of the molecule is CC1NC(=O)OC1c1cc(F)cc(C(F)(F)F)c1. The van der Waals surface area contributed by atoms with Gasteiger partial charge in [0.15, 0.2) is 0 Å². The number of halogens is 4. The van der Waals surface area contributed by atoms with Crippen LogP contribution in [0.3, 0.4) is 0 Å². The predicted molar refractivity (Wildman–Crippen MR) is 53.2 cm³/mol. The van der Waals surface area contributed by atoms with Crippen LogP contribution in [-0.4, -0.2) is 12.1 Å². The Hall–Kier alpha value is -1.79. The average Bonchev–Trinajstić information content (AvgIpc) is 2.55. The molecule has 1 aliphatic rings. The first-order valence-electron chi connectivity index (χ1n) is 5.12. The minimum atomic E-state index is -4.64. The summed E-state index contributed by atoms with van der Waals surface area (Å²) in [5, 5.41) is 2.38. The van der Waals surface area contributed by atoms with Crippen molar-refractivity contribution in [2.45, 2.75) is 25.2 Å². The second-order valence-corrected chi connectivity index (χ2v) is 4.03. The van der Waals surface area contributed by atoms with Gasteiger partial charge in [0.1, 0.15) is 11.9 Å². The van der Waals surface area contributed by atoms with Crippen LogP contribution in [0.15, 0.2) is 18.2 Å². The highest BCUT2D eigenvalue weighted by Gasteiger charge is 2.36. The van der Waals surface area contributed by atoms with E-state index in [0.29, 0.717) is 6.07 Å². The van der Waals surface area contributed by atoms with Crippen LogP contribution in [0.2, 0.25) is 0 Å². The third-order valence-electron chi connectivity index (χ3n) is 2.61. The number of ether oxygens (including phenoxy) is 1. The molecule has 2 rings (SSSR count). The van der Waals surface area contributed by atoms with Crippen LogP contribution >= 0.6 is 0 Å². The second-order valence-electron chi connectivity index (χ2n) is 4.03. The largest absolute Gasteiger partial charge is 0.439 e. The topological polar surface area (TPSA) is 38.3 Å². The Bertz CT molecular complexity index is 486. The van der Waals surface area contributed by atoms with Crippen molar-refractivity contribution in [3.05, 3.63) is 35.1 Å². The van der Waals surface area contributed by atoms with Crippen LogP contribution in [0.5, 0.6) is 0 Å². The Labute approximate surface area is 99.7 Å². The number of carbonyl (C=O) groups excluding carboxylic acids is 1. The monoisotopic (exact) mass is 263 g/mol. The van der Waals surface area contributed by atoms with Gasteiger partial charge in [0.2, 0.25) is 0 Å². The Morgan fingerprint density at radius 2 is 1.94 bits per heavy atom. The summed E-state index contributed by atoms with van der Waals surface area (Å²) >= 11 is 0. The Kier molecular flexibility index (Phi) is 2.92. The maximum Gasteiger partial charge on any atom is 0.416 e. The molecule has 3 nitrogen and oxygen atoms in total. The maximum atomic E-state index is 13.2. The van der Waals surface area contributed by atoms with Gasteiger partial charge in [0.25, 0.3) is 0 Å². The van der Waals surface area contributed by atoms with Gasteiger partial charge >= 0.3 is 12.3 Å². The van der Waals surface area contributed by atoms with Crippen LogP contribution < -0.4 is 5.32 Å². The molecule has 1 aromatic carbocycles. The van der Waals surface area contributed by atoms with Crippen molar-refractivity contribution in [2.24, 2.45) is 0 Å². The van der Waals surface area contributed by atoms with Crippen molar-refractivity contribution in [1.82, 2.24) is 5.32 Å². The fraction of sp³-hybridized carbons (Fsp3) is 0.364. The first-order valence-corrected chi connectivity index (χ1v) is 5.12. The lowest BCUT2D eigenvalue weighted by molar-refractivity contribution is -0.137. The van der Waals surface area contributed by atoms with Gasteiger partial charge in [0.05, 0.1) is 11.6 Å². The lowest BCUT2D eigenvalue weighted by atomic mass is 10.0. The predicted octanol–water partition coefficient (Wildman–Crippen LogP) is 3.01. The van der Waals surface area contributed by atoms with Gasteiger partial charge in [-0.3, -0.25) is 0 Å². The molecule has 1 heterocycles. The maximum absolute atomic E-state index is 13.2. The minimum absolute atomic E-state index is 0.0202. The number of hydrogen-bond acceptors (Lipinski definition) is 2. The first-order chi connectivity index (χ1) is 8.27. The zero-order valence-corrected chi connectivity index (χ0v) is 9.22. The van der Waals surface area contributed by atoms with E-state index in [0.717, 1.165) is 12.1 Å². The van der Waals surface area contributed by atoms with Crippen LogP contribution in [-0.2, 0) is 10.9 Å². The zero-order chi connectivity index (χ0) is 13.5. The van der Waals surface area contributed by atoms with Crippen molar-refractivity contribution in [3.8, 4) is 0 Å². The van der Waals surface area contributed by atoms with Crippen LogP contribution in [0.25, 0.3) is 0 Å². The third kappa shape index (κ3) is 2.39. The molecule has 2 unspecified atom stereocenters. The van der Waals surface area contributed by atoms with E-state index in [9.17, 15) is 22.4 Å². The highest BCUT2D eigenvalue weighted by atomic mass is 19.4. The number of alkyl carbamates (subject to hydrolysis) is 1. The first kappa shape index (κ1) is 12.7. The van der Waals surface area contributed by atoms with Crippen molar-refractivity contribution in [1.29, 1.82) is 0 Å². The summed E-state index contributed by atoms with van der Waals surface area (Å²) in [6.07, 6.45) is -6.30.